The summed E-state index contributed by atoms with van der Waals surface area (Å²) in [5.74, 6) is 0.404. The molecule has 0 radical (unpaired) electrons. The van der Waals surface area contributed by atoms with Crippen molar-refractivity contribution in [1.29, 1.82) is 0 Å². The molecule has 1 aromatic heterocycles. The zero-order chi connectivity index (χ0) is 16.5. The summed E-state index contributed by atoms with van der Waals surface area (Å²) in [5.41, 5.74) is 0.881. The fourth-order valence-corrected chi connectivity index (χ4v) is 5.10. The Labute approximate surface area is 138 Å². The zero-order valence-electron chi connectivity index (χ0n) is 13.8. The smallest absolute Gasteiger partial charge is 0.281 e. The molecule has 0 unspecified atom stereocenters. The van der Waals surface area contributed by atoms with Gasteiger partial charge in [0.25, 0.3) is 10.2 Å². The van der Waals surface area contributed by atoms with Crippen LogP contribution in [-0.2, 0) is 21.6 Å². The van der Waals surface area contributed by atoms with Gasteiger partial charge in [0.2, 0.25) is 0 Å². The molecular formula is C16H25N3O3S. The highest BCUT2D eigenvalue weighted by Crippen LogP contribution is 2.49. The monoisotopic (exact) mass is 339 g/mol. The molecule has 0 N–H and O–H groups in total. The summed E-state index contributed by atoms with van der Waals surface area (Å²) >= 11 is 0. The number of fused-ring (bicyclic) bond motifs is 1. The summed E-state index contributed by atoms with van der Waals surface area (Å²) in [6, 6.07) is 5.78. The van der Waals surface area contributed by atoms with Crippen molar-refractivity contribution in [2.24, 2.45) is 11.3 Å². The third kappa shape index (κ3) is 3.28. The molecule has 1 saturated carbocycles. The van der Waals surface area contributed by atoms with Crippen LogP contribution in [0.15, 0.2) is 24.4 Å². The maximum absolute atomic E-state index is 12.4. The lowest BCUT2D eigenvalue weighted by molar-refractivity contribution is 0.0277. The van der Waals surface area contributed by atoms with E-state index >= 15 is 0 Å². The van der Waals surface area contributed by atoms with Crippen molar-refractivity contribution < 1.29 is 13.2 Å². The van der Waals surface area contributed by atoms with Crippen LogP contribution in [0, 0.1) is 11.3 Å². The highest BCUT2D eigenvalue weighted by molar-refractivity contribution is 7.86. The topological polar surface area (TPSA) is 62.7 Å². The standard InChI is InChI=1S/C16H25N3O3S/c1-18(2)23(20,21)19-10-14-6-5-8-16(14,12-19)13-22-11-15-7-3-4-9-17-15/h3-4,7,9,14H,5-6,8,10-13H2,1-2H3/t14-,16+/m1/s1. The maximum atomic E-state index is 12.4. The second-order valence-electron chi connectivity index (χ2n) is 6.85. The molecule has 1 saturated heterocycles. The van der Waals surface area contributed by atoms with E-state index < -0.39 is 10.2 Å². The minimum absolute atomic E-state index is 0.0299. The molecule has 128 valence electrons. The first-order valence-electron chi connectivity index (χ1n) is 8.09. The largest absolute Gasteiger partial charge is 0.375 e. The lowest BCUT2D eigenvalue weighted by Gasteiger charge is -2.29. The fraction of sp³-hybridized carbons (Fsp3) is 0.688. The highest BCUT2D eigenvalue weighted by atomic mass is 32.2. The molecule has 2 heterocycles. The van der Waals surface area contributed by atoms with Gasteiger partial charge in [-0.3, -0.25) is 4.98 Å². The SMILES string of the molecule is CN(C)S(=O)(=O)N1C[C@H]2CCC[C@@]2(COCc2ccccn2)C1. The van der Waals surface area contributed by atoms with Gasteiger partial charge >= 0.3 is 0 Å². The third-order valence-corrected chi connectivity index (χ3v) is 7.02. The number of aromatic nitrogens is 1. The van der Waals surface area contributed by atoms with E-state index in [9.17, 15) is 8.42 Å². The van der Waals surface area contributed by atoms with Crippen LogP contribution >= 0.6 is 0 Å². The second kappa shape index (κ2) is 6.47. The first-order valence-corrected chi connectivity index (χ1v) is 9.49. The van der Waals surface area contributed by atoms with Crippen LogP contribution in [0.3, 0.4) is 0 Å². The molecule has 2 aliphatic rings. The van der Waals surface area contributed by atoms with Crippen molar-refractivity contribution in [1.82, 2.24) is 13.6 Å². The molecule has 23 heavy (non-hydrogen) atoms. The minimum Gasteiger partial charge on any atom is -0.375 e. The first-order chi connectivity index (χ1) is 10.9. The molecule has 0 amide bonds. The molecular weight excluding hydrogens is 314 g/mol. The van der Waals surface area contributed by atoms with Gasteiger partial charge < -0.3 is 4.74 Å². The lowest BCUT2D eigenvalue weighted by atomic mass is 9.82. The molecule has 1 aliphatic heterocycles. The molecule has 2 fully saturated rings. The van der Waals surface area contributed by atoms with Gasteiger partial charge in [0.15, 0.2) is 0 Å². The van der Waals surface area contributed by atoms with Crippen LogP contribution in [0.5, 0.6) is 0 Å². The molecule has 0 spiro atoms. The van der Waals surface area contributed by atoms with Gasteiger partial charge in [0.05, 0.1) is 18.9 Å². The van der Waals surface area contributed by atoms with Crippen molar-refractivity contribution in [3.63, 3.8) is 0 Å². The summed E-state index contributed by atoms with van der Waals surface area (Å²) in [4.78, 5) is 4.27. The van der Waals surface area contributed by atoms with Crippen molar-refractivity contribution in [3.8, 4) is 0 Å². The molecule has 0 bridgehead atoms. The molecule has 1 aromatic rings. The fourth-order valence-electron chi connectivity index (χ4n) is 3.85. The zero-order valence-corrected chi connectivity index (χ0v) is 14.6. The summed E-state index contributed by atoms with van der Waals surface area (Å²) in [7, 11) is -0.153. The highest BCUT2D eigenvalue weighted by Gasteiger charge is 2.52. The van der Waals surface area contributed by atoms with E-state index in [2.05, 4.69) is 4.98 Å². The van der Waals surface area contributed by atoms with Gasteiger partial charge in [0.1, 0.15) is 0 Å². The van der Waals surface area contributed by atoms with E-state index in [0.29, 0.717) is 32.2 Å². The quantitative estimate of drug-likeness (QED) is 0.788. The van der Waals surface area contributed by atoms with Crippen LogP contribution in [0.2, 0.25) is 0 Å². The van der Waals surface area contributed by atoms with E-state index in [1.54, 1.807) is 24.6 Å². The Balaban J connectivity index is 1.65. The van der Waals surface area contributed by atoms with Crippen LogP contribution < -0.4 is 0 Å². The Morgan fingerprint density at radius 1 is 1.43 bits per heavy atom. The summed E-state index contributed by atoms with van der Waals surface area (Å²) < 4.78 is 33.7. The Hall–Kier alpha value is -1.02. The third-order valence-electron chi connectivity index (χ3n) is 5.16. The van der Waals surface area contributed by atoms with Crippen LogP contribution in [0.1, 0.15) is 25.0 Å². The van der Waals surface area contributed by atoms with Crippen molar-refractivity contribution in [3.05, 3.63) is 30.1 Å². The molecule has 6 nitrogen and oxygen atoms in total. The Kier molecular flexibility index (Phi) is 4.73. The number of nitrogens with zero attached hydrogens (tertiary/aromatic N) is 3. The van der Waals surface area contributed by atoms with Gasteiger partial charge in [-0.25, -0.2) is 0 Å². The number of ether oxygens (including phenoxy) is 1. The van der Waals surface area contributed by atoms with E-state index in [0.717, 1.165) is 25.0 Å². The molecule has 0 aromatic carbocycles. The van der Waals surface area contributed by atoms with Gasteiger partial charge in [-0.05, 0) is 30.9 Å². The Morgan fingerprint density at radius 3 is 2.96 bits per heavy atom. The molecule has 3 rings (SSSR count). The Morgan fingerprint density at radius 2 is 2.26 bits per heavy atom. The van der Waals surface area contributed by atoms with Crippen LogP contribution in [-0.4, -0.2) is 55.8 Å². The van der Waals surface area contributed by atoms with Crippen LogP contribution in [0.25, 0.3) is 0 Å². The van der Waals surface area contributed by atoms with Gasteiger partial charge in [0, 0.05) is 38.8 Å². The van der Waals surface area contributed by atoms with Crippen molar-refractivity contribution >= 4 is 10.2 Å². The number of pyridine rings is 1. The predicted molar refractivity (Wildman–Crippen MR) is 87.8 cm³/mol. The van der Waals surface area contributed by atoms with Gasteiger partial charge in [-0.2, -0.15) is 17.0 Å². The summed E-state index contributed by atoms with van der Waals surface area (Å²) in [5, 5.41) is 0. The van der Waals surface area contributed by atoms with Gasteiger partial charge in [-0.15, -0.1) is 0 Å². The maximum Gasteiger partial charge on any atom is 0.281 e. The molecule has 1 aliphatic carbocycles. The summed E-state index contributed by atoms with van der Waals surface area (Å²) in [6.45, 7) is 2.28. The predicted octanol–water partition coefficient (Wildman–Crippen LogP) is 1.51. The number of hydrogen-bond donors (Lipinski definition) is 0. The average molecular weight is 339 g/mol. The normalized spacial score (nSPS) is 28.4. The first kappa shape index (κ1) is 16.8. The second-order valence-corrected chi connectivity index (χ2v) is 8.99. The van der Waals surface area contributed by atoms with E-state index in [1.807, 2.05) is 18.2 Å². The van der Waals surface area contributed by atoms with E-state index in [-0.39, 0.29) is 5.41 Å². The molecule has 7 heteroatoms. The summed E-state index contributed by atoms with van der Waals surface area (Å²) in [6.07, 6.45) is 5.05. The van der Waals surface area contributed by atoms with Crippen molar-refractivity contribution in [2.75, 3.05) is 33.8 Å². The van der Waals surface area contributed by atoms with E-state index in [4.69, 9.17) is 4.74 Å². The van der Waals surface area contributed by atoms with Crippen LogP contribution in [0.4, 0.5) is 0 Å². The Bertz CT molecular complexity index is 635. The molecule has 2 atom stereocenters. The lowest BCUT2D eigenvalue weighted by Crippen LogP contribution is -2.40. The number of rotatable bonds is 6. The number of hydrogen-bond acceptors (Lipinski definition) is 4. The van der Waals surface area contributed by atoms with E-state index in [1.165, 1.54) is 4.31 Å². The van der Waals surface area contributed by atoms with Crippen molar-refractivity contribution in [2.45, 2.75) is 25.9 Å². The average Bonchev–Trinajstić information content (AvgIpc) is 3.05. The van der Waals surface area contributed by atoms with Gasteiger partial charge in [-0.1, -0.05) is 12.5 Å². The minimum atomic E-state index is -3.34.